The second-order valence-electron chi connectivity index (χ2n) is 22.7. The lowest BCUT2D eigenvalue weighted by atomic mass is 9.70. The number of anilines is 6. The van der Waals surface area contributed by atoms with Crippen LogP contribution in [-0.4, -0.2) is 16.1 Å². The molecule has 0 atom stereocenters. The summed E-state index contributed by atoms with van der Waals surface area (Å²) in [6, 6.07) is 66.8. The highest BCUT2D eigenvalue weighted by molar-refractivity contribution is 6.89. The highest BCUT2D eigenvalue weighted by Crippen LogP contribution is 2.67. The molecule has 0 bridgehead atoms. The van der Waals surface area contributed by atoms with Crippen LogP contribution in [0.3, 0.4) is 0 Å². The Morgan fingerprint density at radius 1 is 0.325 bits per heavy atom. The first kappa shape index (κ1) is 48.7. The van der Waals surface area contributed by atoms with Crippen LogP contribution in [-0.2, 0) is 17.8 Å². The number of rotatable bonds is 8. The van der Waals surface area contributed by atoms with E-state index in [1.165, 1.54) is 26.9 Å². The van der Waals surface area contributed by atoms with Gasteiger partial charge in [-0.15, -0.1) is 16.1 Å². The molecule has 0 fully saturated rings. The standard InChI is InChI=1S/C67H52F6N2Si2/c1-76(2,3)49-32-26-45(27-33-49)74(43-22-18-41(19-23-43)66(68,69)70)47-30-36-53-54-37-31-48(75(44-24-20-42(21-25-44)67(71,72)73)46-28-34-50(35-29-46)77(4,5)6)39-61(54)65(60(53)38-47)59-17-10-9-14-56(59)64-57-16-11-15-55-51-12-7-8-13-52(51)58(63(55)57)40-62(64)65/h7-40H,1-6H3/q-2. The minimum absolute atomic E-state index is 0.577. The molecule has 0 aliphatic heterocycles. The normalized spacial score (nSPS) is 13.8. The molecule has 0 N–H and O–H groups in total. The lowest BCUT2D eigenvalue weighted by Gasteiger charge is -2.34. The van der Waals surface area contributed by atoms with Crippen LogP contribution in [0.25, 0.3) is 55.3 Å². The van der Waals surface area contributed by atoms with Gasteiger partial charge >= 0.3 is 12.4 Å². The zero-order valence-electron chi connectivity index (χ0n) is 43.3. The minimum atomic E-state index is -4.51. The van der Waals surface area contributed by atoms with Crippen LogP contribution in [0.4, 0.5) is 60.5 Å². The maximum atomic E-state index is 14.2. The number of hydrogen-bond acceptors (Lipinski definition) is 2. The SMILES string of the molecule is C[Si-](C)(C)c1ccc(N(c2ccc(C(F)(F)F)cc2)c2ccc3c(c2)C2(c4cc(N(c5ccc(C(F)(F)F)cc5)c5ccc([Si-](C)(C)C)cc5)ccc4-3)c3ccccc3-c3c2cc2c4c(cccc34)-c3ccccc3-2)cc1. The molecule has 3 aliphatic rings. The Morgan fingerprint density at radius 3 is 1.16 bits per heavy atom. The molecule has 10 heteroatoms. The van der Waals surface area contributed by atoms with E-state index < -0.39 is 45.0 Å². The summed E-state index contributed by atoms with van der Waals surface area (Å²) >= 11 is 0. The molecule has 10 aromatic carbocycles. The fourth-order valence-corrected chi connectivity index (χ4v) is 14.8. The summed E-state index contributed by atoms with van der Waals surface area (Å²) < 4.78 is 85.1. The Hall–Kier alpha value is -7.93. The highest BCUT2D eigenvalue weighted by Gasteiger charge is 2.53. The number of hydrogen-bond donors (Lipinski definition) is 0. The zero-order valence-corrected chi connectivity index (χ0v) is 45.3. The Kier molecular flexibility index (Phi) is 10.8. The fraction of sp³-hybridized carbons (Fsp3) is 0.134. The molecule has 0 heterocycles. The van der Waals surface area contributed by atoms with Gasteiger partial charge in [0.2, 0.25) is 0 Å². The summed E-state index contributed by atoms with van der Waals surface area (Å²) in [4.78, 5) is 4.11. The smallest absolute Gasteiger partial charge is 0.310 e. The summed E-state index contributed by atoms with van der Waals surface area (Å²) in [7, 11) is -3.46. The van der Waals surface area contributed by atoms with Gasteiger partial charge in [-0.05, 0) is 181 Å². The molecule has 0 unspecified atom stereocenters. The van der Waals surface area contributed by atoms with Crippen molar-refractivity contribution in [1.82, 2.24) is 0 Å². The molecule has 1 spiro atoms. The lowest BCUT2D eigenvalue weighted by Crippen LogP contribution is -2.37. The van der Waals surface area contributed by atoms with Crippen LogP contribution in [0.1, 0.15) is 33.4 Å². The topological polar surface area (TPSA) is 6.48 Å². The van der Waals surface area contributed by atoms with Crippen LogP contribution in [0, 0.1) is 0 Å². The van der Waals surface area contributed by atoms with E-state index in [0.29, 0.717) is 11.4 Å². The molecular formula is C67H52F6N2Si2-2. The summed E-state index contributed by atoms with van der Waals surface area (Å²) in [6.45, 7) is 13.7. The summed E-state index contributed by atoms with van der Waals surface area (Å²) in [5.41, 5.74) is 15.0. The molecule has 77 heavy (non-hydrogen) atoms. The number of halogens is 6. The molecule has 10 aromatic rings. The second kappa shape index (κ2) is 17.0. The summed E-state index contributed by atoms with van der Waals surface area (Å²) in [6.07, 6.45) is -9.02. The summed E-state index contributed by atoms with van der Waals surface area (Å²) in [5, 5.41) is 4.86. The van der Waals surface area contributed by atoms with Crippen molar-refractivity contribution in [3.63, 3.8) is 0 Å². The average molecular weight is 1060 g/mol. The molecule has 0 radical (unpaired) electrons. The lowest BCUT2D eigenvalue weighted by molar-refractivity contribution is -0.138. The van der Waals surface area contributed by atoms with Gasteiger partial charge in [0.1, 0.15) is 0 Å². The molecule has 2 nitrogen and oxygen atoms in total. The van der Waals surface area contributed by atoms with Gasteiger partial charge in [0.05, 0.1) is 16.5 Å². The van der Waals surface area contributed by atoms with Gasteiger partial charge in [-0.2, -0.15) is 76.0 Å². The molecule has 0 saturated heterocycles. The third-order valence-corrected chi connectivity index (χ3v) is 20.3. The first-order valence-corrected chi connectivity index (χ1v) is 33.0. The van der Waals surface area contributed by atoms with Crippen molar-refractivity contribution in [2.75, 3.05) is 9.80 Å². The van der Waals surface area contributed by atoms with Crippen LogP contribution < -0.4 is 20.2 Å². The molecule has 382 valence electrons. The van der Waals surface area contributed by atoms with Crippen LogP contribution >= 0.6 is 0 Å². The number of nitrogens with zero attached hydrogens (tertiary/aromatic N) is 2. The minimum Gasteiger partial charge on any atom is -0.310 e. The van der Waals surface area contributed by atoms with Crippen molar-refractivity contribution in [1.29, 1.82) is 0 Å². The van der Waals surface area contributed by atoms with Gasteiger partial charge in [-0.1, -0.05) is 103 Å². The van der Waals surface area contributed by atoms with Gasteiger partial charge in [0.15, 0.2) is 0 Å². The quantitative estimate of drug-likeness (QED) is 0.111. The third-order valence-electron chi connectivity index (χ3n) is 16.2. The van der Waals surface area contributed by atoms with Crippen molar-refractivity contribution in [2.24, 2.45) is 0 Å². The van der Waals surface area contributed by atoms with Crippen molar-refractivity contribution in [3.05, 3.63) is 240 Å². The van der Waals surface area contributed by atoms with Gasteiger partial charge in [0.25, 0.3) is 0 Å². The molecule has 0 aromatic heterocycles. The van der Waals surface area contributed by atoms with E-state index in [1.54, 1.807) is 24.3 Å². The van der Waals surface area contributed by atoms with E-state index in [-0.39, 0.29) is 0 Å². The van der Waals surface area contributed by atoms with Gasteiger partial charge < -0.3 is 9.80 Å². The van der Waals surface area contributed by atoms with Gasteiger partial charge in [-0.25, -0.2) is 0 Å². The molecular weight excluding hydrogens is 1000 g/mol. The van der Waals surface area contributed by atoms with Crippen LogP contribution in [0.5, 0.6) is 0 Å². The molecule has 3 aliphatic carbocycles. The van der Waals surface area contributed by atoms with Crippen LogP contribution in [0.2, 0.25) is 39.3 Å². The number of alkyl halides is 6. The van der Waals surface area contributed by atoms with Crippen molar-refractivity contribution in [3.8, 4) is 44.5 Å². The monoisotopic (exact) mass is 1050 g/mol. The Morgan fingerprint density at radius 2 is 0.714 bits per heavy atom. The first-order chi connectivity index (χ1) is 36.7. The molecule has 0 saturated carbocycles. The van der Waals surface area contributed by atoms with Crippen LogP contribution in [0.15, 0.2) is 206 Å². The highest BCUT2D eigenvalue weighted by atomic mass is 28.3. The number of benzene rings is 10. The van der Waals surface area contributed by atoms with Gasteiger partial charge in [0, 0.05) is 34.1 Å². The first-order valence-electron chi connectivity index (χ1n) is 26.0. The molecule has 0 amide bonds. The van der Waals surface area contributed by atoms with E-state index >= 15 is 0 Å². The number of fused-ring (bicyclic) bond motifs is 14. The predicted octanol–water partition coefficient (Wildman–Crippen LogP) is 18.9. The maximum Gasteiger partial charge on any atom is 0.416 e. The second-order valence-corrected chi connectivity index (χ2v) is 32.9. The van der Waals surface area contributed by atoms with Crippen molar-refractivity contribution < 1.29 is 26.3 Å². The molecule has 13 rings (SSSR count). The Labute approximate surface area is 446 Å². The van der Waals surface area contributed by atoms with E-state index in [1.807, 2.05) is 0 Å². The van der Waals surface area contributed by atoms with E-state index in [9.17, 15) is 26.3 Å². The zero-order chi connectivity index (χ0) is 53.6. The Bertz CT molecular complexity index is 3730. The fourth-order valence-electron chi connectivity index (χ4n) is 12.5. The Balaban J connectivity index is 1.10. The van der Waals surface area contributed by atoms with Crippen molar-refractivity contribution >= 4 is 71.4 Å². The maximum absolute atomic E-state index is 14.2. The van der Waals surface area contributed by atoms with E-state index in [4.69, 9.17) is 0 Å². The average Bonchev–Trinajstić information content (AvgIpc) is 3.95. The largest absolute Gasteiger partial charge is 0.416 e. The van der Waals surface area contributed by atoms with Gasteiger partial charge in [-0.3, -0.25) is 0 Å². The third kappa shape index (κ3) is 7.58. The van der Waals surface area contributed by atoms with E-state index in [0.717, 1.165) is 108 Å². The van der Waals surface area contributed by atoms with E-state index in [2.05, 4.69) is 207 Å². The van der Waals surface area contributed by atoms with Crippen molar-refractivity contribution in [2.45, 2.75) is 57.0 Å². The summed E-state index contributed by atoms with van der Waals surface area (Å²) in [5.74, 6) is 0. The predicted molar refractivity (Wildman–Crippen MR) is 310 cm³/mol.